The summed E-state index contributed by atoms with van der Waals surface area (Å²) in [6.07, 6.45) is 2.18. The SMILES string of the molecule is O=C(O)c1ccc2oc([C@@H]3CCCN3)cc2n1. The van der Waals surface area contributed by atoms with Crippen molar-refractivity contribution in [3.05, 3.63) is 29.7 Å². The minimum Gasteiger partial charge on any atom is -0.477 e. The fourth-order valence-electron chi connectivity index (χ4n) is 2.16. The maximum absolute atomic E-state index is 10.8. The van der Waals surface area contributed by atoms with E-state index in [1.54, 1.807) is 6.07 Å². The topological polar surface area (TPSA) is 75.4 Å². The Labute approximate surface area is 97.5 Å². The average Bonchev–Trinajstić information content (AvgIpc) is 2.96. The van der Waals surface area contributed by atoms with Crippen molar-refractivity contribution in [1.29, 1.82) is 0 Å². The molecule has 1 aliphatic heterocycles. The zero-order valence-electron chi connectivity index (χ0n) is 9.14. The summed E-state index contributed by atoms with van der Waals surface area (Å²) in [6.45, 7) is 0.996. The van der Waals surface area contributed by atoms with Crippen LogP contribution in [0, 0.1) is 0 Å². The number of nitrogens with one attached hydrogen (secondary N) is 1. The van der Waals surface area contributed by atoms with Crippen molar-refractivity contribution >= 4 is 17.1 Å². The second-order valence-electron chi connectivity index (χ2n) is 4.18. The highest BCUT2D eigenvalue weighted by Gasteiger charge is 2.20. The molecule has 5 nitrogen and oxygen atoms in total. The highest BCUT2D eigenvalue weighted by atomic mass is 16.4. The highest BCUT2D eigenvalue weighted by molar-refractivity contribution is 5.88. The fourth-order valence-corrected chi connectivity index (χ4v) is 2.16. The third-order valence-electron chi connectivity index (χ3n) is 3.02. The lowest BCUT2D eigenvalue weighted by molar-refractivity contribution is 0.0691. The molecule has 0 spiro atoms. The molecule has 3 heterocycles. The first-order chi connectivity index (χ1) is 8.24. The average molecular weight is 232 g/mol. The number of hydrogen-bond donors (Lipinski definition) is 2. The number of hydrogen-bond acceptors (Lipinski definition) is 4. The lowest BCUT2D eigenvalue weighted by Crippen LogP contribution is -2.11. The molecule has 5 heteroatoms. The van der Waals surface area contributed by atoms with E-state index in [0.717, 1.165) is 25.1 Å². The summed E-state index contributed by atoms with van der Waals surface area (Å²) >= 11 is 0. The third-order valence-corrected chi connectivity index (χ3v) is 3.02. The number of furan rings is 1. The zero-order valence-corrected chi connectivity index (χ0v) is 9.14. The first-order valence-corrected chi connectivity index (χ1v) is 5.61. The maximum atomic E-state index is 10.8. The first kappa shape index (κ1) is 10.3. The van der Waals surface area contributed by atoms with Crippen molar-refractivity contribution in [3.8, 4) is 0 Å². The van der Waals surface area contributed by atoms with E-state index in [-0.39, 0.29) is 11.7 Å². The van der Waals surface area contributed by atoms with Crippen molar-refractivity contribution in [2.45, 2.75) is 18.9 Å². The molecule has 1 saturated heterocycles. The Morgan fingerprint density at radius 3 is 3.12 bits per heavy atom. The number of pyridine rings is 1. The van der Waals surface area contributed by atoms with Gasteiger partial charge in [-0.1, -0.05) is 0 Å². The molecule has 3 rings (SSSR count). The molecule has 1 aliphatic rings. The van der Waals surface area contributed by atoms with E-state index in [2.05, 4.69) is 10.3 Å². The normalized spacial score (nSPS) is 19.9. The first-order valence-electron chi connectivity index (χ1n) is 5.61. The van der Waals surface area contributed by atoms with Crippen LogP contribution in [0.3, 0.4) is 0 Å². The van der Waals surface area contributed by atoms with Gasteiger partial charge in [0.05, 0.1) is 6.04 Å². The van der Waals surface area contributed by atoms with E-state index >= 15 is 0 Å². The molecule has 1 atom stereocenters. The summed E-state index contributed by atoms with van der Waals surface area (Å²) in [5.74, 6) is -0.179. The second-order valence-corrected chi connectivity index (χ2v) is 4.18. The molecular formula is C12H12N2O3. The van der Waals surface area contributed by atoms with Crippen LogP contribution in [0.5, 0.6) is 0 Å². The lowest BCUT2D eigenvalue weighted by Gasteiger charge is -2.04. The van der Waals surface area contributed by atoms with Crippen LogP contribution in [0.2, 0.25) is 0 Å². The fraction of sp³-hybridized carbons (Fsp3) is 0.333. The molecule has 0 aromatic carbocycles. The smallest absolute Gasteiger partial charge is 0.354 e. The van der Waals surface area contributed by atoms with Gasteiger partial charge < -0.3 is 14.8 Å². The lowest BCUT2D eigenvalue weighted by atomic mass is 10.2. The van der Waals surface area contributed by atoms with Crippen LogP contribution in [0.1, 0.15) is 35.1 Å². The predicted molar refractivity (Wildman–Crippen MR) is 60.9 cm³/mol. The zero-order chi connectivity index (χ0) is 11.8. The minimum atomic E-state index is -1.02. The van der Waals surface area contributed by atoms with Crippen molar-refractivity contribution in [2.24, 2.45) is 0 Å². The van der Waals surface area contributed by atoms with Crippen LogP contribution in [0.15, 0.2) is 22.6 Å². The number of nitrogens with zero attached hydrogens (tertiary/aromatic N) is 1. The molecule has 2 N–H and O–H groups in total. The Kier molecular flexibility index (Phi) is 2.33. The predicted octanol–water partition coefficient (Wildman–Crippen LogP) is 1.95. The quantitative estimate of drug-likeness (QED) is 0.827. The van der Waals surface area contributed by atoms with Gasteiger partial charge in [0.25, 0.3) is 0 Å². The molecule has 0 aliphatic carbocycles. The number of carboxylic acid groups (broad SMARTS) is 1. The van der Waals surface area contributed by atoms with Crippen LogP contribution in [-0.2, 0) is 0 Å². The summed E-state index contributed by atoms with van der Waals surface area (Å²) in [6, 6.07) is 5.17. The second kappa shape index (κ2) is 3.85. The van der Waals surface area contributed by atoms with E-state index in [4.69, 9.17) is 9.52 Å². The molecule has 0 unspecified atom stereocenters. The molecule has 1 fully saturated rings. The Bertz CT molecular complexity index is 570. The van der Waals surface area contributed by atoms with Crippen molar-refractivity contribution in [1.82, 2.24) is 10.3 Å². The largest absolute Gasteiger partial charge is 0.477 e. The van der Waals surface area contributed by atoms with Crippen molar-refractivity contribution < 1.29 is 14.3 Å². The van der Waals surface area contributed by atoms with E-state index in [0.29, 0.717) is 11.1 Å². The maximum Gasteiger partial charge on any atom is 0.354 e. The van der Waals surface area contributed by atoms with Gasteiger partial charge in [-0.3, -0.25) is 0 Å². The molecule has 0 amide bonds. The minimum absolute atomic E-state index is 0.0456. The van der Waals surface area contributed by atoms with Gasteiger partial charge in [0.1, 0.15) is 17.0 Å². The molecule has 0 radical (unpaired) electrons. The van der Waals surface area contributed by atoms with Crippen LogP contribution in [-0.4, -0.2) is 22.6 Å². The molecule has 2 aromatic heterocycles. The van der Waals surface area contributed by atoms with Crippen LogP contribution in [0.25, 0.3) is 11.1 Å². The van der Waals surface area contributed by atoms with Gasteiger partial charge in [-0.15, -0.1) is 0 Å². The molecule has 88 valence electrons. The Morgan fingerprint density at radius 1 is 1.53 bits per heavy atom. The van der Waals surface area contributed by atoms with Gasteiger partial charge in [-0.25, -0.2) is 9.78 Å². The van der Waals surface area contributed by atoms with E-state index < -0.39 is 5.97 Å². The third kappa shape index (κ3) is 1.78. The molecule has 0 bridgehead atoms. The molecule has 17 heavy (non-hydrogen) atoms. The summed E-state index contributed by atoms with van der Waals surface area (Å²) < 4.78 is 5.67. The Morgan fingerprint density at radius 2 is 2.41 bits per heavy atom. The Hall–Kier alpha value is -1.88. The van der Waals surface area contributed by atoms with Crippen LogP contribution < -0.4 is 5.32 Å². The van der Waals surface area contributed by atoms with Gasteiger partial charge >= 0.3 is 5.97 Å². The monoisotopic (exact) mass is 232 g/mol. The molecule has 0 saturated carbocycles. The van der Waals surface area contributed by atoms with E-state index in [1.165, 1.54) is 6.07 Å². The number of rotatable bonds is 2. The van der Waals surface area contributed by atoms with E-state index in [9.17, 15) is 4.79 Å². The number of carboxylic acids is 1. The standard InChI is InChI=1S/C12H12N2O3/c15-12(16)8-3-4-10-9(14-8)6-11(17-10)7-2-1-5-13-7/h3-4,6-7,13H,1-2,5H2,(H,15,16)/t7-/m0/s1. The molecular weight excluding hydrogens is 220 g/mol. The van der Waals surface area contributed by atoms with Gasteiger partial charge in [0, 0.05) is 6.07 Å². The van der Waals surface area contributed by atoms with Gasteiger partial charge in [-0.2, -0.15) is 0 Å². The molecule has 2 aromatic rings. The number of fused-ring (bicyclic) bond motifs is 1. The van der Waals surface area contributed by atoms with E-state index in [1.807, 2.05) is 6.07 Å². The number of aromatic carboxylic acids is 1. The number of aromatic nitrogens is 1. The van der Waals surface area contributed by atoms with Gasteiger partial charge in [0.2, 0.25) is 0 Å². The number of carbonyl (C=O) groups is 1. The van der Waals surface area contributed by atoms with Crippen molar-refractivity contribution in [3.63, 3.8) is 0 Å². The van der Waals surface area contributed by atoms with Crippen LogP contribution >= 0.6 is 0 Å². The summed E-state index contributed by atoms with van der Waals surface area (Å²) in [7, 11) is 0. The van der Waals surface area contributed by atoms with Gasteiger partial charge in [-0.05, 0) is 31.5 Å². The summed E-state index contributed by atoms with van der Waals surface area (Å²) in [4.78, 5) is 14.8. The Balaban J connectivity index is 2.03. The van der Waals surface area contributed by atoms with Crippen molar-refractivity contribution in [2.75, 3.05) is 6.54 Å². The summed E-state index contributed by atoms with van der Waals surface area (Å²) in [5.41, 5.74) is 1.29. The van der Waals surface area contributed by atoms with Crippen LogP contribution in [0.4, 0.5) is 0 Å². The van der Waals surface area contributed by atoms with Gasteiger partial charge in [0.15, 0.2) is 5.58 Å². The highest BCUT2D eigenvalue weighted by Crippen LogP contribution is 2.28. The summed E-state index contributed by atoms with van der Waals surface area (Å²) in [5, 5.41) is 12.2.